The molecular weight excluding hydrogens is 280 g/mol. The Labute approximate surface area is 122 Å². The maximum absolute atomic E-state index is 12.1. The molecule has 1 aliphatic carbocycles. The molecule has 1 saturated carbocycles. The highest BCUT2D eigenvalue weighted by Crippen LogP contribution is 2.20. The number of hydrogen-bond donors (Lipinski definition) is 4. The summed E-state index contributed by atoms with van der Waals surface area (Å²) in [6, 6.07) is 4.36. The number of benzene rings is 1. The molecule has 0 radical (unpaired) electrons. The summed E-state index contributed by atoms with van der Waals surface area (Å²) >= 11 is 5.87. The van der Waals surface area contributed by atoms with E-state index in [9.17, 15) is 9.59 Å². The molecule has 2 amide bonds. The summed E-state index contributed by atoms with van der Waals surface area (Å²) < 4.78 is 0. The maximum Gasteiger partial charge on any atom is 0.254 e. The highest BCUT2D eigenvalue weighted by Gasteiger charge is 2.26. The lowest BCUT2D eigenvalue weighted by atomic mass is 10.1. The zero-order valence-corrected chi connectivity index (χ0v) is 11.8. The van der Waals surface area contributed by atoms with Gasteiger partial charge in [-0.1, -0.05) is 11.6 Å². The number of nitrogens with one attached hydrogen (secondary N) is 3. The minimum absolute atomic E-state index is 0.190. The summed E-state index contributed by atoms with van der Waals surface area (Å²) in [5.41, 5.74) is 3.17. The Balaban J connectivity index is 2.03. The Bertz CT molecular complexity index is 531. The van der Waals surface area contributed by atoms with E-state index in [0.29, 0.717) is 16.3 Å². The summed E-state index contributed by atoms with van der Waals surface area (Å²) in [4.78, 5) is 23.9. The van der Waals surface area contributed by atoms with E-state index in [1.807, 2.05) is 0 Å². The molecule has 5 N–H and O–H groups in total. The molecule has 108 valence electrons. The van der Waals surface area contributed by atoms with Crippen LogP contribution >= 0.6 is 11.6 Å². The second-order valence-electron chi connectivity index (χ2n) is 4.81. The third-order valence-electron chi connectivity index (χ3n) is 3.05. The number of hydrazine groups is 1. The fourth-order valence-electron chi connectivity index (χ4n) is 1.72. The van der Waals surface area contributed by atoms with Crippen LogP contribution < -0.4 is 21.9 Å². The number of rotatable bonds is 5. The van der Waals surface area contributed by atoms with Crippen molar-refractivity contribution in [3.8, 4) is 0 Å². The van der Waals surface area contributed by atoms with Gasteiger partial charge in [-0.25, -0.2) is 0 Å². The second kappa shape index (κ2) is 6.11. The molecule has 2 rings (SSSR count). The molecule has 1 unspecified atom stereocenters. The van der Waals surface area contributed by atoms with Gasteiger partial charge in [-0.3, -0.25) is 15.4 Å². The largest absolute Gasteiger partial charge is 0.352 e. The van der Waals surface area contributed by atoms with Gasteiger partial charge in [0, 0.05) is 11.1 Å². The van der Waals surface area contributed by atoms with Crippen LogP contribution in [0.1, 0.15) is 30.1 Å². The average Bonchev–Trinajstić information content (AvgIpc) is 3.22. The van der Waals surface area contributed by atoms with Crippen molar-refractivity contribution >= 4 is 29.1 Å². The first-order valence-electron chi connectivity index (χ1n) is 6.38. The van der Waals surface area contributed by atoms with Crippen LogP contribution in [0.15, 0.2) is 18.2 Å². The predicted octanol–water partition coefficient (Wildman–Crippen LogP) is 1.02. The predicted molar refractivity (Wildman–Crippen MR) is 77.4 cm³/mol. The standard InChI is InChI=1S/C13H17ClN4O2/c1-7(12(19)17-9-3-4-9)16-13(20)10-6-8(14)2-5-11(10)18-15/h2,5-7,9,18H,3-4,15H2,1H3,(H,16,20)(H,17,19). The van der Waals surface area contributed by atoms with Crippen molar-refractivity contribution in [1.82, 2.24) is 10.6 Å². The van der Waals surface area contributed by atoms with Gasteiger partial charge in [0.05, 0.1) is 11.3 Å². The quantitative estimate of drug-likeness (QED) is 0.482. The van der Waals surface area contributed by atoms with Crippen LogP contribution in [0.4, 0.5) is 5.69 Å². The molecule has 1 fully saturated rings. The highest BCUT2D eigenvalue weighted by atomic mass is 35.5. The fraction of sp³-hybridized carbons (Fsp3) is 0.385. The fourth-order valence-corrected chi connectivity index (χ4v) is 1.90. The summed E-state index contributed by atoms with van der Waals surface area (Å²) in [7, 11) is 0. The van der Waals surface area contributed by atoms with Crippen molar-refractivity contribution in [2.45, 2.75) is 31.8 Å². The van der Waals surface area contributed by atoms with Gasteiger partial charge in [0.15, 0.2) is 0 Å². The number of anilines is 1. The number of carbonyl (C=O) groups excluding carboxylic acids is 2. The molecule has 1 aliphatic rings. The van der Waals surface area contributed by atoms with Crippen LogP contribution in [0.3, 0.4) is 0 Å². The van der Waals surface area contributed by atoms with Crippen molar-refractivity contribution in [2.24, 2.45) is 5.84 Å². The number of nitrogen functional groups attached to an aromatic ring is 1. The monoisotopic (exact) mass is 296 g/mol. The minimum Gasteiger partial charge on any atom is -0.352 e. The third kappa shape index (κ3) is 3.61. The van der Waals surface area contributed by atoms with Gasteiger partial charge in [0.25, 0.3) is 5.91 Å². The average molecular weight is 297 g/mol. The van der Waals surface area contributed by atoms with Gasteiger partial charge in [-0.15, -0.1) is 0 Å². The molecule has 0 heterocycles. The number of amides is 2. The lowest BCUT2D eigenvalue weighted by Gasteiger charge is -2.15. The van der Waals surface area contributed by atoms with Crippen molar-refractivity contribution in [3.63, 3.8) is 0 Å². The number of carbonyl (C=O) groups is 2. The molecule has 7 heteroatoms. The van der Waals surface area contributed by atoms with Crippen LogP contribution in [0.5, 0.6) is 0 Å². The van der Waals surface area contributed by atoms with Crippen molar-refractivity contribution in [2.75, 3.05) is 5.43 Å². The topological polar surface area (TPSA) is 96.2 Å². The van der Waals surface area contributed by atoms with Crippen LogP contribution in [0.25, 0.3) is 0 Å². The molecule has 1 aromatic rings. The zero-order valence-electron chi connectivity index (χ0n) is 11.1. The Kier molecular flexibility index (Phi) is 4.46. The molecule has 0 aromatic heterocycles. The lowest BCUT2D eigenvalue weighted by Crippen LogP contribution is -2.45. The third-order valence-corrected chi connectivity index (χ3v) is 3.28. The number of nitrogens with two attached hydrogens (primary N) is 1. The van der Waals surface area contributed by atoms with Crippen LogP contribution in [-0.4, -0.2) is 23.9 Å². The highest BCUT2D eigenvalue weighted by molar-refractivity contribution is 6.31. The molecule has 6 nitrogen and oxygen atoms in total. The number of halogens is 1. The van der Waals surface area contributed by atoms with E-state index in [1.165, 1.54) is 6.07 Å². The van der Waals surface area contributed by atoms with Crippen LogP contribution in [0, 0.1) is 0 Å². The normalized spacial score (nSPS) is 15.3. The van der Waals surface area contributed by atoms with E-state index in [-0.39, 0.29) is 11.9 Å². The molecule has 1 aromatic carbocycles. The molecule has 0 spiro atoms. The maximum atomic E-state index is 12.1. The summed E-state index contributed by atoms with van der Waals surface area (Å²) in [5, 5.41) is 5.88. The van der Waals surface area contributed by atoms with Gasteiger partial charge >= 0.3 is 0 Å². The molecule has 0 aliphatic heterocycles. The smallest absolute Gasteiger partial charge is 0.254 e. The van der Waals surface area contributed by atoms with Gasteiger partial charge < -0.3 is 16.1 Å². The van der Waals surface area contributed by atoms with Crippen molar-refractivity contribution < 1.29 is 9.59 Å². The van der Waals surface area contributed by atoms with Crippen molar-refractivity contribution in [1.29, 1.82) is 0 Å². The Hall–Kier alpha value is -1.79. The molecule has 0 saturated heterocycles. The minimum atomic E-state index is -0.618. The van der Waals surface area contributed by atoms with E-state index < -0.39 is 11.9 Å². The van der Waals surface area contributed by atoms with Gasteiger partial charge in [0.1, 0.15) is 6.04 Å². The van der Waals surface area contributed by atoms with E-state index in [2.05, 4.69) is 16.1 Å². The number of hydrogen-bond acceptors (Lipinski definition) is 4. The van der Waals surface area contributed by atoms with E-state index >= 15 is 0 Å². The lowest BCUT2D eigenvalue weighted by molar-refractivity contribution is -0.122. The van der Waals surface area contributed by atoms with E-state index in [4.69, 9.17) is 17.4 Å². The molecule has 0 bridgehead atoms. The van der Waals surface area contributed by atoms with E-state index in [1.54, 1.807) is 19.1 Å². The van der Waals surface area contributed by atoms with Crippen molar-refractivity contribution in [3.05, 3.63) is 28.8 Å². The Morgan fingerprint density at radius 2 is 2.10 bits per heavy atom. The van der Waals surface area contributed by atoms with Crippen LogP contribution in [0.2, 0.25) is 5.02 Å². The first-order chi connectivity index (χ1) is 9.51. The van der Waals surface area contributed by atoms with Crippen LogP contribution in [-0.2, 0) is 4.79 Å². The Morgan fingerprint density at radius 1 is 1.40 bits per heavy atom. The van der Waals surface area contributed by atoms with Gasteiger partial charge in [-0.2, -0.15) is 0 Å². The van der Waals surface area contributed by atoms with Gasteiger partial charge in [-0.05, 0) is 38.0 Å². The summed E-state index contributed by atoms with van der Waals surface area (Å²) in [6.07, 6.45) is 2.00. The zero-order chi connectivity index (χ0) is 14.7. The molecular formula is C13H17ClN4O2. The SMILES string of the molecule is CC(NC(=O)c1cc(Cl)ccc1NN)C(=O)NC1CC1. The second-order valence-corrected chi connectivity index (χ2v) is 5.25. The first-order valence-corrected chi connectivity index (χ1v) is 6.76. The molecule has 1 atom stereocenters. The summed E-state index contributed by atoms with van der Waals surface area (Å²) in [6.45, 7) is 1.63. The van der Waals surface area contributed by atoms with E-state index in [0.717, 1.165) is 12.8 Å². The first kappa shape index (κ1) is 14.6. The Morgan fingerprint density at radius 3 is 2.70 bits per heavy atom. The van der Waals surface area contributed by atoms with Gasteiger partial charge in [0.2, 0.25) is 5.91 Å². The molecule has 20 heavy (non-hydrogen) atoms. The summed E-state index contributed by atoms with van der Waals surface area (Å²) in [5.74, 6) is 4.76.